The summed E-state index contributed by atoms with van der Waals surface area (Å²) in [5.74, 6) is 46.2. The molecule has 412 valence electrons. The number of benzene rings is 3. The average Bonchev–Trinajstić information content (AvgIpc) is 3.45. The van der Waals surface area contributed by atoms with E-state index in [1.54, 1.807) is 37.3 Å². The number of nitrogen functional groups attached to an aromatic ring is 5. The van der Waals surface area contributed by atoms with Crippen LogP contribution >= 0.6 is 0 Å². The lowest BCUT2D eigenvalue weighted by Crippen LogP contribution is -2.32. The van der Waals surface area contributed by atoms with Gasteiger partial charge >= 0.3 is 0 Å². The smallest absolute Gasteiger partial charge is 0.265 e. The lowest BCUT2D eigenvalue weighted by Gasteiger charge is -2.02. The number of hydrogen-bond acceptors (Lipinski definition) is 20. The minimum absolute atomic E-state index is 0.0896. The van der Waals surface area contributed by atoms with E-state index in [0.29, 0.717) is 72.8 Å². The zero-order chi connectivity index (χ0) is 56.5. The van der Waals surface area contributed by atoms with Crippen LogP contribution in [0.2, 0.25) is 0 Å². The Kier molecular flexibility index (Phi) is 44.9. The first kappa shape index (κ1) is 70.2. The number of carbonyl (C=O) groups is 10. The topological polar surface area (TPSA) is 551 Å². The largest absolute Gasteiger partial charge is 0.294 e. The Bertz CT molecular complexity index is 1990. The highest BCUT2D eigenvalue weighted by Gasteiger charge is 2.09. The number of carbonyl (C=O) groups excluding carboxylic acids is 10. The molecule has 0 radical (unpaired) electrons. The fraction of sp³-hybridized carbons (Fsp3) is 0.364. The van der Waals surface area contributed by atoms with Gasteiger partial charge in [-0.15, -0.1) is 0 Å². The minimum Gasteiger partial charge on any atom is -0.294 e. The van der Waals surface area contributed by atoms with Gasteiger partial charge in [-0.3, -0.25) is 102 Å². The van der Waals surface area contributed by atoms with Crippen molar-refractivity contribution in [3.8, 4) is 0 Å². The number of unbranched alkanes of at least 4 members (excludes halogenated alkanes) is 8. The van der Waals surface area contributed by atoms with Crippen LogP contribution in [-0.2, 0) is 24.0 Å². The highest BCUT2D eigenvalue weighted by atomic mass is 16.2. The van der Waals surface area contributed by atoms with Crippen LogP contribution in [0.5, 0.6) is 0 Å². The zero-order valence-corrected chi connectivity index (χ0v) is 41.5. The van der Waals surface area contributed by atoms with Crippen LogP contribution in [0.1, 0.15) is 155 Å². The SMILES string of the molecule is CCC(=O)NN.NNC(=O)CCCCC(=O)NN.NNC(=O)CCCCCCCCCCC(=O)NN.NNC(=O)c1ccc(C(=O)NN)cc1.NNC(=O)c1cccc(C(=O)NN)c1.NNC(=O)c1ccccc1. The quantitative estimate of drug-likeness (QED) is 0.0205. The molecule has 0 fully saturated rings. The molecule has 3 aromatic rings. The molecule has 0 heterocycles. The van der Waals surface area contributed by atoms with E-state index in [1.165, 1.54) is 55.3 Å². The summed E-state index contributed by atoms with van der Waals surface area (Å²) < 4.78 is 0. The summed E-state index contributed by atoms with van der Waals surface area (Å²) in [6, 6.07) is 20.7. The van der Waals surface area contributed by atoms with E-state index in [9.17, 15) is 47.9 Å². The lowest BCUT2D eigenvalue weighted by molar-refractivity contribution is -0.123. The zero-order valence-electron chi connectivity index (χ0n) is 41.5. The molecule has 0 saturated carbocycles. The molecule has 74 heavy (non-hydrogen) atoms. The number of hydrogen-bond donors (Lipinski definition) is 20. The molecule has 0 aromatic heterocycles. The maximum absolute atomic E-state index is 11.1. The number of rotatable bonds is 22. The highest BCUT2D eigenvalue weighted by Crippen LogP contribution is 2.11. The second-order valence-corrected chi connectivity index (χ2v) is 14.6. The maximum atomic E-state index is 11.1. The molecule has 0 saturated heterocycles. The van der Waals surface area contributed by atoms with E-state index in [-0.39, 0.29) is 35.4 Å². The van der Waals surface area contributed by atoms with Crippen molar-refractivity contribution < 1.29 is 47.9 Å². The number of nitrogens with two attached hydrogens (primary N) is 10. The van der Waals surface area contributed by atoms with Crippen molar-refractivity contribution in [1.29, 1.82) is 0 Å². The average molecular weight is 1050 g/mol. The van der Waals surface area contributed by atoms with Gasteiger partial charge in [0, 0.05) is 59.9 Å². The Morgan fingerprint density at radius 1 is 0.284 bits per heavy atom. The summed E-state index contributed by atoms with van der Waals surface area (Å²) in [6.07, 6.45) is 12.1. The molecular formula is C44H76N20O10. The molecule has 0 aliphatic heterocycles. The third kappa shape index (κ3) is 37.7. The molecule has 3 rings (SSSR count). The molecule has 0 atom stereocenters. The summed E-state index contributed by atoms with van der Waals surface area (Å²) in [7, 11) is 0. The Morgan fingerprint density at radius 3 is 0.757 bits per heavy atom. The van der Waals surface area contributed by atoms with Crippen LogP contribution in [0.4, 0.5) is 0 Å². The summed E-state index contributed by atoms with van der Waals surface area (Å²) >= 11 is 0. The van der Waals surface area contributed by atoms with Gasteiger partial charge in [0.05, 0.1) is 0 Å². The third-order valence-electron chi connectivity index (χ3n) is 9.23. The molecule has 30 N–H and O–H groups in total. The highest BCUT2D eigenvalue weighted by molar-refractivity contribution is 5.99. The van der Waals surface area contributed by atoms with Crippen LogP contribution in [0.25, 0.3) is 0 Å². The standard InChI is InChI=1S/C12H26N4O2.2C8H10N4O2.C7H8N2O.C6H14N4O2.C3H8N2O/c13-15-11(17)9-7-5-3-1-2-4-6-8-10-12(18)16-14;9-11-7(13)5-1-2-6(4-3-5)8(14)12-10;9-11-7(13)5-2-1-3-6(4-5)8(14)12-10;8-9-7(10)6-4-2-1-3-5-6;7-9-5(11)3-1-2-4-6(12)10-8;1-2-3(6)5-4/h1-10,13-14H2,(H,15,17)(H,16,18);2*1-4H,9-10H2,(H,11,13)(H,12,14);1-5H,8H2,(H,9,10);1-4,7-8H2,(H,9,11)(H,10,12);2,4H2,1H3,(H,5,6). The predicted molar refractivity (Wildman–Crippen MR) is 274 cm³/mol. The van der Waals surface area contributed by atoms with Crippen molar-refractivity contribution in [2.75, 3.05) is 0 Å². The maximum Gasteiger partial charge on any atom is 0.265 e. The van der Waals surface area contributed by atoms with Crippen molar-refractivity contribution in [1.82, 2.24) is 54.3 Å². The van der Waals surface area contributed by atoms with Gasteiger partial charge < -0.3 is 0 Å². The summed E-state index contributed by atoms with van der Waals surface area (Å²) in [5.41, 5.74) is 22.1. The van der Waals surface area contributed by atoms with Gasteiger partial charge in [0.15, 0.2) is 0 Å². The van der Waals surface area contributed by atoms with Gasteiger partial charge in [-0.2, -0.15) is 0 Å². The van der Waals surface area contributed by atoms with Gasteiger partial charge in [-0.25, -0.2) is 58.4 Å². The third-order valence-corrected chi connectivity index (χ3v) is 9.23. The fourth-order valence-electron chi connectivity index (χ4n) is 5.17. The number of amides is 10. The van der Waals surface area contributed by atoms with Crippen molar-refractivity contribution in [3.05, 3.63) is 107 Å². The first-order valence-electron chi connectivity index (χ1n) is 22.7. The monoisotopic (exact) mass is 1040 g/mol. The molecule has 0 spiro atoms. The molecule has 0 aliphatic rings. The second kappa shape index (κ2) is 47.3. The molecule has 30 nitrogen and oxygen atoms in total. The predicted octanol–water partition coefficient (Wildman–Crippen LogP) is -3.14. The van der Waals surface area contributed by atoms with Gasteiger partial charge in [0.1, 0.15) is 0 Å². The fourth-order valence-corrected chi connectivity index (χ4v) is 5.17. The van der Waals surface area contributed by atoms with E-state index in [4.69, 9.17) is 52.6 Å². The molecule has 30 heteroatoms. The normalized spacial score (nSPS) is 9.28. The van der Waals surface area contributed by atoms with Crippen LogP contribution in [0.3, 0.4) is 0 Å². The van der Waals surface area contributed by atoms with Crippen molar-refractivity contribution >= 4 is 59.1 Å². The van der Waals surface area contributed by atoms with Gasteiger partial charge in [-0.1, -0.05) is 69.7 Å². The van der Waals surface area contributed by atoms with Gasteiger partial charge in [-0.05, 0) is 80.3 Å². The molecule has 0 unspecified atom stereocenters. The lowest BCUT2D eigenvalue weighted by atomic mass is 10.1. The minimum atomic E-state index is -0.461. The van der Waals surface area contributed by atoms with Crippen LogP contribution < -0.4 is 113 Å². The van der Waals surface area contributed by atoms with E-state index in [0.717, 1.165) is 38.5 Å². The first-order valence-corrected chi connectivity index (χ1v) is 22.7. The van der Waals surface area contributed by atoms with Crippen LogP contribution in [0.15, 0.2) is 78.9 Å². The van der Waals surface area contributed by atoms with E-state index in [1.807, 2.05) is 49.5 Å². The molecule has 0 aliphatic carbocycles. The summed E-state index contributed by atoms with van der Waals surface area (Å²) in [4.78, 5) is 108. The Hall–Kier alpha value is -8.04. The number of nitrogens with one attached hydrogen (secondary N) is 10. The van der Waals surface area contributed by atoms with E-state index in [2.05, 4.69) is 16.7 Å². The second-order valence-electron chi connectivity index (χ2n) is 14.6. The Morgan fingerprint density at radius 2 is 0.514 bits per heavy atom. The Labute approximate surface area is 428 Å². The van der Waals surface area contributed by atoms with Crippen LogP contribution in [0, 0.1) is 0 Å². The Balaban J connectivity index is -0.000000836. The van der Waals surface area contributed by atoms with Crippen LogP contribution in [-0.4, -0.2) is 59.1 Å². The molecule has 10 amide bonds. The molecule has 0 bridgehead atoms. The van der Waals surface area contributed by atoms with E-state index < -0.39 is 23.6 Å². The summed E-state index contributed by atoms with van der Waals surface area (Å²) in [5, 5.41) is 0. The first-order chi connectivity index (χ1) is 35.4. The molecule has 3 aromatic carbocycles. The number of hydrazine groups is 10. The van der Waals surface area contributed by atoms with Gasteiger partial charge in [0.2, 0.25) is 29.5 Å². The van der Waals surface area contributed by atoms with E-state index >= 15 is 0 Å². The molecular weight excluding hydrogens is 969 g/mol. The van der Waals surface area contributed by atoms with Crippen molar-refractivity contribution in [3.63, 3.8) is 0 Å². The van der Waals surface area contributed by atoms with Crippen molar-refractivity contribution in [2.24, 2.45) is 58.4 Å². The van der Waals surface area contributed by atoms with Gasteiger partial charge in [0.25, 0.3) is 29.5 Å². The summed E-state index contributed by atoms with van der Waals surface area (Å²) in [6.45, 7) is 1.74. The van der Waals surface area contributed by atoms with Crippen molar-refractivity contribution in [2.45, 2.75) is 103 Å².